The topological polar surface area (TPSA) is 67.9 Å². The molecule has 0 aromatic heterocycles. The van der Waals surface area contributed by atoms with E-state index in [1.165, 1.54) is 0 Å². The third-order valence-corrected chi connectivity index (χ3v) is 5.76. The van der Waals surface area contributed by atoms with Gasteiger partial charge in [-0.15, -0.1) is 0 Å². The molecule has 0 aliphatic heterocycles. The van der Waals surface area contributed by atoms with Crippen molar-refractivity contribution in [2.75, 3.05) is 6.54 Å². The standard InChI is InChI=1S/C27H36N2O4/c1-5-29(22-15-11-14-21(18-22)28-26(31)33-27(2,3)4)25(30)23-16-9-10-17-24(23)32-19-20-12-7-6-8-13-20/h6-10,12-13,16-17,21-22H,5,11,14-15,18-19H2,1-4H3,(H,28,31)/t21-,22+/m1/s1. The van der Waals surface area contributed by atoms with Crippen LogP contribution in [0.25, 0.3) is 0 Å². The van der Waals surface area contributed by atoms with E-state index in [1.54, 1.807) is 0 Å². The molecule has 0 unspecified atom stereocenters. The minimum absolute atomic E-state index is 0.00924. The van der Waals surface area contributed by atoms with Crippen LogP contribution in [0.1, 0.15) is 69.3 Å². The first-order valence-corrected chi connectivity index (χ1v) is 11.8. The molecule has 1 fully saturated rings. The van der Waals surface area contributed by atoms with Crippen LogP contribution in [0, 0.1) is 0 Å². The lowest BCUT2D eigenvalue weighted by Crippen LogP contribution is -2.48. The monoisotopic (exact) mass is 452 g/mol. The van der Waals surface area contributed by atoms with Crippen LogP contribution < -0.4 is 10.1 Å². The van der Waals surface area contributed by atoms with E-state index >= 15 is 0 Å². The number of benzene rings is 2. The molecule has 33 heavy (non-hydrogen) atoms. The van der Waals surface area contributed by atoms with E-state index in [0.717, 1.165) is 24.8 Å². The van der Waals surface area contributed by atoms with Gasteiger partial charge in [0.2, 0.25) is 0 Å². The molecule has 3 rings (SSSR count). The number of carbonyl (C=O) groups excluding carboxylic acids is 2. The van der Waals surface area contributed by atoms with Crippen LogP contribution in [-0.2, 0) is 11.3 Å². The highest BCUT2D eigenvalue weighted by Gasteiger charge is 2.31. The predicted molar refractivity (Wildman–Crippen MR) is 129 cm³/mol. The van der Waals surface area contributed by atoms with Gasteiger partial charge in [0, 0.05) is 18.6 Å². The Kier molecular flexibility index (Phi) is 8.37. The van der Waals surface area contributed by atoms with E-state index in [0.29, 0.717) is 30.9 Å². The van der Waals surface area contributed by atoms with Crippen molar-refractivity contribution < 1.29 is 19.1 Å². The summed E-state index contributed by atoms with van der Waals surface area (Å²) < 4.78 is 11.4. The number of nitrogens with one attached hydrogen (secondary N) is 1. The van der Waals surface area contributed by atoms with Gasteiger partial charge in [0.25, 0.3) is 5.91 Å². The summed E-state index contributed by atoms with van der Waals surface area (Å²) in [6, 6.07) is 17.4. The van der Waals surface area contributed by atoms with Gasteiger partial charge in [0.15, 0.2) is 0 Å². The third-order valence-electron chi connectivity index (χ3n) is 5.76. The van der Waals surface area contributed by atoms with Gasteiger partial charge in [-0.25, -0.2) is 4.79 Å². The Morgan fingerprint density at radius 2 is 1.73 bits per heavy atom. The normalized spacial score (nSPS) is 18.3. The maximum absolute atomic E-state index is 13.6. The predicted octanol–water partition coefficient (Wildman–Crippen LogP) is 5.56. The largest absolute Gasteiger partial charge is 0.488 e. The molecule has 0 radical (unpaired) electrons. The van der Waals surface area contributed by atoms with Crippen molar-refractivity contribution in [3.8, 4) is 5.75 Å². The summed E-state index contributed by atoms with van der Waals surface area (Å²) in [6.45, 7) is 8.55. The number of rotatable bonds is 7. The maximum atomic E-state index is 13.6. The molecule has 0 bridgehead atoms. The van der Waals surface area contributed by atoms with Crippen molar-refractivity contribution in [1.29, 1.82) is 0 Å². The molecule has 0 spiro atoms. The second kappa shape index (κ2) is 11.2. The van der Waals surface area contributed by atoms with Gasteiger partial charge in [-0.05, 0) is 71.1 Å². The highest BCUT2D eigenvalue weighted by Crippen LogP contribution is 2.28. The van der Waals surface area contributed by atoms with Crippen LogP contribution in [0.2, 0.25) is 0 Å². The molecule has 1 N–H and O–H groups in total. The first-order valence-electron chi connectivity index (χ1n) is 11.8. The van der Waals surface area contributed by atoms with E-state index in [4.69, 9.17) is 9.47 Å². The summed E-state index contributed by atoms with van der Waals surface area (Å²) in [6.07, 6.45) is 3.06. The number of amides is 2. The lowest BCUT2D eigenvalue weighted by Gasteiger charge is -2.37. The molecular formula is C27H36N2O4. The Labute approximate surface area is 197 Å². The molecule has 2 aromatic rings. The summed E-state index contributed by atoms with van der Waals surface area (Å²) in [5.74, 6) is 0.549. The zero-order valence-corrected chi connectivity index (χ0v) is 20.2. The van der Waals surface area contributed by atoms with Gasteiger partial charge in [0.1, 0.15) is 18.0 Å². The Hall–Kier alpha value is -3.02. The smallest absolute Gasteiger partial charge is 0.407 e. The second-order valence-corrected chi connectivity index (χ2v) is 9.53. The number of ether oxygens (including phenoxy) is 2. The van der Waals surface area contributed by atoms with Crippen molar-refractivity contribution in [2.24, 2.45) is 0 Å². The summed E-state index contributed by atoms with van der Waals surface area (Å²) >= 11 is 0. The highest BCUT2D eigenvalue weighted by molar-refractivity contribution is 5.97. The lowest BCUT2D eigenvalue weighted by molar-refractivity contribution is 0.0460. The zero-order valence-electron chi connectivity index (χ0n) is 20.2. The lowest BCUT2D eigenvalue weighted by atomic mass is 9.89. The van der Waals surface area contributed by atoms with Gasteiger partial charge in [-0.3, -0.25) is 4.79 Å². The molecule has 6 nitrogen and oxygen atoms in total. The molecule has 1 saturated carbocycles. The molecule has 6 heteroatoms. The number of para-hydroxylation sites is 1. The molecule has 2 amide bonds. The number of carbonyl (C=O) groups is 2. The third kappa shape index (κ3) is 7.24. The maximum Gasteiger partial charge on any atom is 0.407 e. The Morgan fingerprint density at radius 1 is 1.03 bits per heavy atom. The van der Waals surface area contributed by atoms with Gasteiger partial charge in [-0.2, -0.15) is 0 Å². The van der Waals surface area contributed by atoms with Gasteiger partial charge in [0.05, 0.1) is 5.56 Å². The Bertz CT molecular complexity index is 923. The number of hydrogen-bond acceptors (Lipinski definition) is 4. The Morgan fingerprint density at radius 3 is 2.42 bits per heavy atom. The molecule has 2 aromatic carbocycles. The van der Waals surface area contributed by atoms with Gasteiger partial charge >= 0.3 is 6.09 Å². The quantitative estimate of drug-likeness (QED) is 0.597. The average molecular weight is 453 g/mol. The number of hydrogen-bond donors (Lipinski definition) is 1. The fourth-order valence-electron chi connectivity index (χ4n) is 4.28. The fraction of sp³-hybridized carbons (Fsp3) is 0.481. The summed E-state index contributed by atoms with van der Waals surface area (Å²) in [5.41, 5.74) is 1.08. The molecule has 0 saturated heterocycles. The van der Waals surface area contributed by atoms with Crippen LogP contribution in [0.15, 0.2) is 54.6 Å². The minimum Gasteiger partial charge on any atom is -0.488 e. The van der Waals surface area contributed by atoms with Crippen molar-refractivity contribution in [3.05, 3.63) is 65.7 Å². The van der Waals surface area contributed by atoms with E-state index in [-0.39, 0.29) is 18.0 Å². The Balaban J connectivity index is 1.67. The molecule has 2 atom stereocenters. The van der Waals surface area contributed by atoms with E-state index in [9.17, 15) is 9.59 Å². The molecule has 0 heterocycles. The number of nitrogens with zero attached hydrogens (tertiary/aromatic N) is 1. The van der Waals surface area contributed by atoms with Crippen molar-refractivity contribution >= 4 is 12.0 Å². The summed E-state index contributed by atoms with van der Waals surface area (Å²) in [4.78, 5) is 27.7. The SMILES string of the molecule is CCN(C(=O)c1ccccc1OCc1ccccc1)[C@H]1CCC[C@@H](NC(=O)OC(C)(C)C)C1. The van der Waals surface area contributed by atoms with Crippen LogP contribution in [0.3, 0.4) is 0 Å². The average Bonchev–Trinajstić information content (AvgIpc) is 2.78. The van der Waals surface area contributed by atoms with Crippen LogP contribution >= 0.6 is 0 Å². The fourth-order valence-corrected chi connectivity index (χ4v) is 4.28. The molecule has 178 valence electrons. The van der Waals surface area contributed by atoms with E-state index < -0.39 is 11.7 Å². The van der Waals surface area contributed by atoms with E-state index in [2.05, 4.69) is 5.32 Å². The molecule has 1 aliphatic carbocycles. The van der Waals surface area contributed by atoms with Crippen LogP contribution in [0.4, 0.5) is 4.79 Å². The summed E-state index contributed by atoms with van der Waals surface area (Å²) in [7, 11) is 0. The zero-order chi connectivity index (χ0) is 23.8. The van der Waals surface area contributed by atoms with Gasteiger partial charge in [-0.1, -0.05) is 42.5 Å². The molecular weight excluding hydrogens is 416 g/mol. The van der Waals surface area contributed by atoms with Crippen molar-refractivity contribution in [1.82, 2.24) is 10.2 Å². The van der Waals surface area contributed by atoms with E-state index in [1.807, 2.05) is 87.2 Å². The van der Waals surface area contributed by atoms with Crippen LogP contribution in [-0.4, -0.2) is 41.1 Å². The minimum atomic E-state index is -0.535. The first kappa shape index (κ1) is 24.6. The number of alkyl carbamates (subject to hydrolysis) is 1. The first-order chi connectivity index (χ1) is 15.8. The summed E-state index contributed by atoms with van der Waals surface area (Å²) in [5, 5.41) is 2.99. The van der Waals surface area contributed by atoms with Crippen molar-refractivity contribution in [2.45, 2.75) is 77.7 Å². The molecule has 1 aliphatic rings. The highest BCUT2D eigenvalue weighted by atomic mass is 16.6. The second-order valence-electron chi connectivity index (χ2n) is 9.53. The van der Waals surface area contributed by atoms with Crippen molar-refractivity contribution in [3.63, 3.8) is 0 Å². The van der Waals surface area contributed by atoms with Gasteiger partial charge < -0.3 is 19.7 Å². The van der Waals surface area contributed by atoms with Crippen LogP contribution in [0.5, 0.6) is 5.75 Å².